The van der Waals surface area contributed by atoms with E-state index in [1.54, 1.807) is 0 Å². The molecule has 1 unspecified atom stereocenters. The molecule has 1 heterocycles. The Labute approximate surface area is 113 Å². The maximum absolute atomic E-state index is 13.4. The van der Waals surface area contributed by atoms with Gasteiger partial charge < -0.3 is 5.73 Å². The molecule has 0 spiro atoms. The molecule has 0 bridgehead atoms. The monoisotopic (exact) mass is 286 g/mol. The van der Waals surface area contributed by atoms with Gasteiger partial charge in [-0.1, -0.05) is 19.4 Å². The molecule has 6 heteroatoms. The number of para-hydroxylation sites is 1. The van der Waals surface area contributed by atoms with Crippen LogP contribution in [-0.2, 0) is 10.0 Å². The van der Waals surface area contributed by atoms with Gasteiger partial charge in [0.2, 0.25) is 10.0 Å². The molecule has 0 aliphatic carbocycles. The van der Waals surface area contributed by atoms with Crippen LogP contribution in [-0.4, -0.2) is 25.8 Å². The third-order valence-corrected chi connectivity index (χ3v) is 5.61. The zero-order valence-corrected chi connectivity index (χ0v) is 11.8. The zero-order chi connectivity index (χ0) is 14.0. The highest BCUT2D eigenvalue weighted by atomic mass is 32.2. The molecular weight excluding hydrogens is 267 g/mol. The second-order valence-corrected chi connectivity index (χ2v) is 6.84. The van der Waals surface area contributed by atoms with Crippen molar-refractivity contribution in [3.63, 3.8) is 0 Å². The summed E-state index contributed by atoms with van der Waals surface area (Å²) in [6.07, 6.45) is 2.83. The van der Waals surface area contributed by atoms with E-state index in [1.165, 1.54) is 22.5 Å². The first kappa shape index (κ1) is 14.3. The first-order chi connectivity index (χ1) is 8.96. The van der Waals surface area contributed by atoms with Crippen LogP contribution in [0.25, 0.3) is 0 Å². The van der Waals surface area contributed by atoms with Gasteiger partial charge in [0.25, 0.3) is 0 Å². The summed E-state index contributed by atoms with van der Waals surface area (Å²) >= 11 is 0. The Morgan fingerprint density at radius 1 is 1.47 bits per heavy atom. The number of hydrogen-bond donors (Lipinski definition) is 1. The molecule has 4 nitrogen and oxygen atoms in total. The molecule has 1 aliphatic rings. The summed E-state index contributed by atoms with van der Waals surface area (Å²) in [5.74, 6) is -0.316. The number of nitrogens with zero attached hydrogens (tertiary/aromatic N) is 1. The van der Waals surface area contributed by atoms with Crippen LogP contribution in [0.2, 0.25) is 0 Å². The minimum atomic E-state index is -3.69. The molecule has 2 N–H and O–H groups in total. The lowest BCUT2D eigenvalue weighted by molar-refractivity contribution is 0.261. The predicted octanol–water partition coefficient (Wildman–Crippen LogP) is 2.22. The summed E-state index contributed by atoms with van der Waals surface area (Å²) in [6.45, 7) is 3.03. The van der Waals surface area contributed by atoms with Crippen molar-refractivity contribution in [2.24, 2.45) is 5.92 Å². The molecule has 19 heavy (non-hydrogen) atoms. The number of rotatable bonds is 3. The Hall–Kier alpha value is -1.14. The molecule has 1 aromatic rings. The van der Waals surface area contributed by atoms with Gasteiger partial charge in [-0.2, -0.15) is 4.31 Å². The Bertz CT molecular complexity index is 560. The molecule has 1 atom stereocenters. The average molecular weight is 286 g/mol. The van der Waals surface area contributed by atoms with Crippen molar-refractivity contribution >= 4 is 15.7 Å². The Morgan fingerprint density at radius 2 is 2.21 bits per heavy atom. The van der Waals surface area contributed by atoms with Gasteiger partial charge in [-0.05, 0) is 30.9 Å². The van der Waals surface area contributed by atoms with Gasteiger partial charge >= 0.3 is 0 Å². The van der Waals surface area contributed by atoms with E-state index in [9.17, 15) is 12.8 Å². The van der Waals surface area contributed by atoms with Crippen molar-refractivity contribution in [1.82, 2.24) is 4.31 Å². The van der Waals surface area contributed by atoms with E-state index in [0.29, 0.717) is 19.0 Å². The summed E-state index contributed by atoms with van der Waals surface area (Å²) < 4.78 is 39.8. The molecule has 1 fully saturated rings. The van der Waals surface area contributed by atoms with Gasteiger partial charge in [0, 0.05) is 13.1 Å². The molecule has 0 saturated carbocycles. The molecule has 106 valence electrons. The SMILES string of the molecule is CCC1CCCN(S(=O)(=O)c2cccc(F)c2N)C1. The average Bonchev–Trinajstić information content (AvgIpc) is 2.41. The van der Waals surface area contributed by atoms with Crippen LogP contribution in [0.1, 0.15) is 26.2 Å². The van der Waals surface area contributed by atoms with E-state index in [1.807, 2.05) is 0 Å². The highest BCUT2D eigenvalue weighted by molar-refractivity contribution is 7.89. The van der Waals surface area contributed by atoms with Crippen molar-refractivity contribution < 1.29 is 12.8 Å². The largest absolute Gasteiger partial charge is 0.395 e. The maximum Gasteiger partial charge on any atom is 0.245 e. The lowest BCUT2D eigenvalue weighted by Crippen LogP contribution is -2.40. The fourth-order valence-corrected chi connectivity index (χ4v) is 4.14. The number of sulfonamides is 1. The van der Waals surface area contributed by atoms with E-state index < -0.39 is 15.8 Å². The van der Waals surface area contributed by atoms with Crippen LogP contribution in [0.3, 0.4) is 0 Å². The molecule has 0 radical (unpaired) electrons. The minimum Gasteiger partial charge on any atom is -0.395 e. The quantitative estimate of drug-likeness (QED) is 0.867. The van der Waals surface area contributed by atoms with Crippen molar-refractivity contribution in [2.75, 3.05) is 18.8 Å². The molecule has 0 amide bonds. The van der Waals surface area contributed by atoms with Crippen LogP contribution in [0.4, 0.5) is 10.1 Å². The minimum absolute atomic E-state index is 0.121. The number of anilines is 1. The third-order valence-electron chi connectivity index (χ3n) is 3.69. The molecule has 2 rings (SSSR count). The van der Waals surface area contributed by atoms with E-state index in [-0.39, 0.29) is 10.6 Å². The number of nitrogens with two attached hydrogens (primary N) is 1. The number of piperidine rings is 1. The second-order valence-electron chi connectivity index (χ2n) is 4.93. The van der Waals surface area contributed by atoms with Gasteiger partial charge in [-0.15, -0.1) is 0 Å². The van der Waals surface area contributed by atoms with E-state index in [4.69, 9.17) is 5.73 Å². The van der Waals surface area contributed by atoms with E-state index in [2.05, 4.69) is 6.92 Å². The van der Waals surface area contributed by atoms with Crippen molar-refractivity contribution in [1.29, 1.82) is 0 Å². The Morgan fingerprint density at radius 3 is 2.89 bits per heavy atom. The van der Waals surface area contributed by atoms with Gasteiger partial charge in [0.1, 0.15) is 10.7 Å². The standard InChI is InChI=1S/C13H19FN2O2S/c1-2-10-5-4-8-16(9-10)19(17,18)12-7-3-6-11(14)13(12)15/h3,6-7,10H,2,4-5,8-9,15H2,1H3. The summed E-state index contributed by atoms with van der Waals surface area (Å²) in [6, 6.07) is 3.91. The van der Waals surface area contributed by atoms with Crippen LogP contribution < -0.4 is 5.73 Å². The fourth-order valence-electron chi connectivity index (χ4n) is 2.46. The number of benzene rings is 1. The van der Waals surface area contributed by atoms with Crippen molar-refractivity contribution in [3.05, 3.63) is 24.0 Å². The first-order valence-corrected chi connectivity index (χ1v) is 7.95. The topological polar surface area (TPSA) is 63.4 Å². The van der Waals surface area contributed by atoms with Crippen molar-refractivity contribution in [3.8, 4) is 0 Å². The molecule has 1 aliphatic heterocycles. The van der Waals surface area contributed by atoms with Crippen LogP contribution in [0.15, 0.2) is 23.1 Å². The number of nitrogen functional groups attached to an aromatic ring is 1. The molecule has 1 saturated heterocycles. The molecule has 1 aromatic carbocycles. The van der Waals surface area contributed by atoms with Gasteiger partial charge in [0.15, 0.2) is 0 Å². The zero-order valence-electron chi connectivity index (χ0n) is 11.0. The second kappa shape index (κ2) is 5.46. The van der Waals surface area contributed by atoms with Crippen LogP contribution >= 0.6 is 0 Å². The molecule has 0 aromatic heterocycles. The number of hydrogen-bond acceptors (Lipinski definition) is 3. The lowest BCUT2D eigenvalue weighted by atomic mass is 9.97. The Kier molecular flexibility index (Phi) is 4.10. The summed E-state index contributed by atoms with van der Waals surface area (Å²) in [7, 11) is -3.69. The Balaban J connectivity index is 2.34. The maximum atomic E-state index is 13.4. The normalized spacial score (nSPS) is 21.5. The summed E-state index contributed by atoms with van der Waals surface area (Å²) in [5, 5.41) is 0. The van der Waals surface area contributed by atoms with Gasteiger partial charge in [0.05, 0.1) is 5.69 Å². The van der Waals surface area contributed by atoms with Crippen molar-refractivity contribution in [2.45, 2.75) is 31.1 Å². The molecular formula is C13H19FN2O2S. The van der Waals surface area contributed by atoms with E-state index in [0.717, 1.165) is 19.3 Å². The fraction of sp³-hybridized carbons (Fsp3) is 0.538. The summed E-state index contributed by atoms with van der Waals surface area (Å²) in [4.78, 5) is -0.121. The number of halogens is 1. The summed E-state index contributed by atoms with van der Waals surface area (Å²) in [5.41, 5.74) is 5.27. The third kappa shape index (κ3) is 2.74. The predicted molar refractivity (Wildman–Crippen MR) is 72.6 cm³/mol. The van der Waals surface area contributed by atoms with Gasteiger partial charge in [-0.25, -0.2) is 12.8 Å². The highest BCUT2D eigenvalue weighted by Crippen LogP contribution is 2.29. The first-order valence-electron chi connectivity index (χ1n) is 6.51. The van der Waals surface area contributed by atoms with Gasteiger partial charge in [-0.3, -0.25) is 0 Å². The smallest absolute Gasteiger partial charge is 0.245 e. The highest BCUT2D eigenvalue weighted by Gasteiger charge is 2.31. The van der Waals surface area contributed by atoms with Crippen LogP contribution in [0.5, 0.6) is 0 Å². The lowest BCUT2D eigenvalue weighted by Gasteiger charge is -2.31. The van der Waals surface area contributed by atoms with Crippen LogP contribution in [0, 0.1) is 11.7 Å². The van der Waals surface area contributed by atoms with E-state index >= 15 is 0 Å².